The number of ether oxygens (including phenoxy) is 2. The molecule has 1 aliphatic carbocycles. The number of aromatic nitrogens is 2. The second-order valence-electron chi connectivity index (χ2n) is 19.9. The number of alkyl carbamates (subject to hydrolysis) is 1. The number of fused-ring (bicyclic) bond motifs is 5. The molecule has 0 spiro atoms. The van der Waals surface area contributed by atoms with Crippen LogP contribution in [-0.2, 0) is 76.6 Å². The summed E-state index contributed by atoms with van der Waals surface area (Å²) in [6.45, 7) is 6.93. The van der Waals surface area contributed by atoms with Crippen molar-refractivity contribution in [2.75, 3.05) is 13.1 Å². The predicted molar refractivity (Wildman–Crippen MR) is 272 cm³/mol. The molecule has 4 aliphatic rings. The fourth-order valence-electron chi connectivity index (χ4n) is 10.3. The second-order valence-corrected chi connectivity index (χ2v) is 19.9. The van der Waals surface area contributed by atoms with Gasteiger partial charge in [0, 0.05) is 60.8 Å². The smallest absolute Gasteiger partial charge is 0.407 e. The molecular weight excluding hydrogens is 986 g/mol. The maximum atomic E-state index is 15.4. The SMILES string of the molecule is CC[C@@]1(O)C(=O)OCc2c1cc1n(c2=O)Cc2c-1nc1cc(F)c(C)c3c1c2[C@@H](NC(=O)OCc1ccc(CNC(=O)[C@H](CCCNC(N)=O)NC(=O)[C@@H](NC(=O)CCCCCN2C(=O)C=CC2=O)C(C)C)cc1)CC3. The van der Waals surface area contributed by atoms with E-state index in [2.05, 4.69) is 26.6 Å². The summed E-state index contributed by atoms with van der Waals surface area (Å²) in [5.41, 5.74) is 7.92. The largest absolute Gasteiger partial charge is 0.458 e. The first-order valence-corrected chi connectivity index (χ1v) is 25.6. The molecule has 0 saturated carbocycles. The van der Waals surface area contributed by atoms with Crippen molar-refractivity contribution in [2.24, 2.45) is 11.7 Å². The number of cyclic esters (lactones) is 1. The molecule has 0 bridgehead atoms. The number of carbonyl (C=O) groups excluding carboxylic acids is 8. The van der Waals surface area contributed by atoms with Gasteiger partial charge >= 0.3 is 18.1 Å². The van der Waals surface area contributed by atoms with Gasteiger partial charge in [-0.3, -0.25) is 33.7 Å². The first-order chi connectivity index (χ1) is 36.3. The molecule has 22 heteroatoms. The summed E-state index contributed by atoms with van der Waals surface area (Å²) in [7, 11) is 0. The Kier molecular flexibility index (Phi) is 16.3. The number of esters is 1. The van der Waals surface area contributed by atoms with Crippen LogP contribution in [0.25, 0.3) is 22.3 Å². The lowest BCUT2D eigenvalue weighted by atomic mass is 9.81. The molecule has 4 atom stereocenters. The molecule has 5 heterocycles. The zero-order valence-corrected chi connectivity index (χ0v) is 42.8. The van der Waals surface area contributed by atoms with E-state index in [1.165, 1.54) is 22.8 Å². The quantitative estimate of drug-likeness (QED) is 0.0314. The monoisotopic (exact) mass is 1050 g/mol. The average molecular weight is 1050 g/mol. The van der Waals surface area contributed by atoms with Gasteiger partial charge in [0.15, 0.2) is 5.60 Å². The zero-order valence-electron chi connectivity index (χ0n) is 42.8. The van der Waals surface area contributed by atoms with Crippen molar-refractivity contribution in [3.8, 4) is 11.4 Å². The van der Waals surface area contributed by atoms with Crippen molar-refractivity contribution in [2.45, 2.75) is 136 Å². The average Bonchev–Trinajstić information content (AvgIpc) is 4.01. The first kappa shape index (κ1) is 54.3. The summed E-state index contributed by atoms with van der Waals surface area (Å²) in [6.07, 6.45) is 4.56. The van der Waals surface area contributed by atoms with Crippen LogP contribution < -0.4 is 37.9 Å². The normalized spacial score (nSPS) is 17.9. The summed E-state index contributed by atoms with van der Waals surface area (Å²) in [5.74, 6) is -3.83. The van der Waals surface area contributed by atoms with Gasteiger partial charge in [0.2, 0.25) is 17.7 Å². The number of hydrogen-bond donors (Lipinski definition) is 7. The minimum Gasteiger partial charge on any atom is -0.458 e. The Morgan fingerprint density at radius 3 is 2.36 bits per heavy atom. The Labute approximate surface area is 436 Å². The number of hydrogen-bond acceptors (Lipinski definition) is 13. The number of nitrogens with two attached hydrogens (primary N) is 1. The van der Waals surface area contributed by atoms with Crippen molar-refractivity contribution < 1.29 is 57.3 Å². The number of urea groups is 1. The summed E-state index contributed by atoms with van der Waals surface area (Å²) < 4.78 is 27.8. The molecule has 0 radical (unpaired) electrons. The lowest BCUT2D eigenvalue weighted by molar-refractivity contribution is -0.172. The third kappa shape index (κ3) is 11.3. The number of pyridine rings is 2. The fourth-order valence-corrected chi connectivity index (χ4v) is 10.3. The summed E-state index contributed by atoms with van der Waals surface area (Å²) >= 11 is 0. The number of imide groups is 1. The Hall–Kier alpha value is -8.01. The van der Waals surface area contributed by atoms with E-state index >= 15 is 4.39 Å². The Bertz CT molecular complexity index is 3100. The molecule has 3 aliphatic heterocycles. The van der Waals surface area contributed by atoms with E-state index < -0.39 is 65.0 Å². The van der Waals surface area contributed by atoms with Crippen molar-refractivity contribution in [1.82, 2.24) is 41.0 Å². The van der Waals surface area contributed by atoms with E-state index in [1.807, 2.05) is 0 Å². The zero-order chi connectivity index (χ0) is 54.6. The maximum absolute atomic E-state index is 15.4. The van der Waals surface area contributed by atoms with Gasteiger partial charge in [0.1, 0.15) is 31.1 Å². The highest BCUT2D eigenvalue weighted by molar-refractivity contribution is 6.12. The molecule has 21 nitrogen and oxygen atoms in total. The second kappa shape index (κ2) is 22.9. The minimum atomic E-state index is -2.04. The highest BCUT2D eigenvalue weighted by Gasteiger charge is 2.46. The van der Waals surface area contributed by atoms with Gasteiger partial charge in [0.05, 0.1) is 35.1 Å². The molecule has 76 heavy (non-hydrogen) atoms. The highest BCUT2D eigenvalue weighted by Crippen LogP contribution is 2.46. The Morgan fingerprint density at radius 1 is 0.934 bits per heavy atom. The van der Waals surface area contributed by atoms with Crippen LogP contribution in [0.15, 0.2) is 53.3 Å². The van der Waals surface area contributed by atoms with Crippen LogP contribution in [0.4, 0.5) is 14.0 Å². The van der Waals surface area contributed by atoms with E-state index in [0.29, 0.717) is 82.2 Å². The first-order valence-electron chi connectivity index (χ1n) is 25.6. The van der Waals surface area contributed by atoms with E-state index in [4.69, 9.17) is 20.2 Å². The number of aliphatic hydroxyl groups is 1. The van der Waals surface area contributed by atoms with E-state index in [1.54, 1.807) is 58.0 Å². The number of halogens is 1. The number of amides is 8. The molecule has 4 aromatic rings. The van der Waals surface area contributed by atoms with Crippen LogP contribution in [0.1, 0.15) is 123 Å². The van der Waals surface area contributed by atoms with E-state index in [9.17, 15) is 48.3 Å². The highest BCUT2D eigenvalue weighted by atomic mass is 19.1. The number of nitrogens with zero attached hydrogens (tertiary/aromatic N) is 3. The fraction of sp³-hybridized carbons (Fsp3) is 0.444. The van der Waals surface area contributed by atoms with Crippen LogP contribution in [0.2, 0.25) is 0 Å². The number of carbonyl (C=O) groups is 8. The molecule has 2 aromatic carbocycles. The molecule has 0 fully saturated rings. The van der Waals surface area contributed by atoms with Gasteiger partial charge in [-0.15, -0.1) is 0 Å². The van der Waals surface area contributed by atoms with Gasteiger partial charge in [-0.25, -0.2) is 23.8 Å². The molecular formula is C54H62FN9O12. The van der Waals surface area contributed by atoms with Crippen LogP contribution >= 0.6 is 0 Å². The number of nitrogens with one attached hydrogen (secondary N) is 5. The summed E-state index contributed by atoms with van der Waals surface area (Å²) in [5, 5.41) is 25.9. The van der Waals surface area contributed by atoms with Crippen LogP contribution in [0.3, 0.4) is 0 Å². The van der Waals surface area contributed by atoms with Crippen molar-refractivity contribution in [3.05, 3.63) is 109 Å². The molecule has 8 amide bonds. The van der Waals surface area contributed by atoms with Crippen molar-refractivity contribution in [3.63, 3.8) is 0 Å². The molecule has 0 unspecified atom stereocenters. The number of aryl methyl sites for hydroxylation is 1. The molecule has 402 valence electrons. The van der Waals surface area contributed by atoms with Crippen molar-refractivity contribution >= 4 is 58.5 Å². The third-order valence-corrected chi connectivity index (χ3v) is 14.6. The van der Waals surface area contributed by atoms with E-state index in [0.717, 1.165) is 10.5 Å². The Balaban J connectivity index is 0.879. The number of unbranched alkanes of at least 4 members (excludes halogenated alkanes) is 2. The summed E-state index contributed by atoms with van der Waals surface area (Å²) in [6, 6.07) is 6.49. The minimum absolute atomic E-state index is 0.0366. The van der Waals surface area contributed by atoms with Gasteiger partial charge in [-0.1, -0.05) is 51.5 Å². The predicted octanol–water partition coefficient (Wildman–Crippen LogP) is 3.62. The third-order valence-electron chi connectivity index (χ3n) is 14.6. The molecule has 2 aromatic heterocycles. The van der Waals surface area contributed by atoms with E-state index in [-0.39, 0.29) is 99.8 Å². The van der Waals surface area contributed by atoms with Crippen LogP contribution in [0, 0.1) is 18.7 Å². The standard InChI is InChI=1S/C54H62FN9O12/c1-5-54(74)35-22-40-47-33(25-64(40)50(70)34(35)27-75-51(54)71)45-37(17-16-32-29(4)36(55)23-39(59-47)44(32)45)61-53(73)76-26-31-14-12-30(13-15-31)24-58-48(68)38(10-9-20-57-52(56)72)60-49(69)46(28(2)3)62-41(65)11-7-6-8-21-63-42(66)18-19-43(63)67/h12-15,18-19,22-23,28,37-38,46,74H,5-11,16-17,20-21,24-27H2,1-4H3,(H,58,68)(H,60,69)(H,61,73)(H,62,65)(H3,56,57,72)/t37-,38-,46-,54-/m0/s1. The van der Waals surface area contributed by atoms with Gasteiger partial charge in [-0.2, -0.15) is 0 Å². The molecule has 8 rings (SSSR count). The molecule has 8 N–H and O–H groups in total. The molecule has 0 saturated heterocycles. The Morgan fingerprint density at radius 2 is 1.66 bits per heavy atom. The van der Waals surface area contributed by atoms with Gasteiger partial charge < -0.3 is 51.5 Å². The number of benzene rings is 2. The lowest BCUT2D eigenvalue weighted by Gasteiger charge is -2.31. The topological polar surface area (TPSA) is 300 Å². The maximum Gasteiger partial charge on any atom is 0.407 e. The number of primary amides is 1. The van der Waals surface area contributed by atoms with Crippen LogP contribution in [-0.4, -0.2) is 92.4 Å². The van der Waals surface area contributed by atoms with Crippen LogP contribution in [0.5, 0.6) is 0 Å². The summed E-state index contributed by atoms with van der Waals surface area (Å²) in [4.78, 5) is 121. The van der Waals surface area contributed by atoms with Crippen molar-refractivity contribution in [1.29, 1.82) is 0 Å². The van der Waals surface area contributed by atoms with Gasteiger partial charge in [0.25, 0.3) is 17.4 Å². The lowest BCUT2D eigenvalue weighted by Crippen LogP contribution is -2.55. The number of rotatable bonds is 21. The van der Waals surface area contributed by atoms with Gasteiger partial charge in [-0.05, 0) is 91.7 Å².